The van der Waals surface area contributed by atoms with Crippen LogP contribution in [0.4, 0.5) is 9.59 Å². The first kappa shape index (κ1) is 32.3. The standard InChI is InChI=1S/C33H51N3O6/c1-8-39-19-20-40-26-21-25(35(22-26)30(37)41-32(2,3)4)15-18-34-16-13-24(14-17-34)28-23-36(31(38)42-33(5,6)7)29-12-10-9-11-27(28)29/h9-12,23-26H,8,13-22H2,1-7H3. The molecule has 2 aromatic rings. The lowest BCUT2D eigenvalue weighted by Crippen LogP contribution is -2.42. The highest BCUT2D eigenvalue weighted by atomic mass is 16.6. The molecule has 2 atom stereocenters. The lowest BCUT2D eigenvalue weighted by molar-refractivity contribution is 0.00392. The Labute approximate surface area is 251 Å². The maximum Gasteiger partial charge on any atom is 0.419 e. The SMILES string of the molecule is CCOCCOC1CC(CCN2CCC(c3cn(C(=O)OC(C)(C)C)c4ccccc34)CC2)N(C(=O)OC(C)(C)C)C1. The van der Waals surface area contributed by atoms with Crippen molar-refractivity contribution in [1.82, 2.24) is 14.4 Å². The number of likely N-dealkylation sites (tertiary alicyclic amines) is 2. The summed E-state index contributed by atoms with van der Waals surface area (Å²) in [5, 5.41) is 1.12. The molecule has 1 aromatic heterocycles. The Morgan fingerprint density at radius 2 is 1.60 bits per heavy atom. The zero-order chi connectivity index (χ0) is 30.5. The second-order valence-corrected chi connectivity index (χ2v) is 13.6. The van der Waals surface area contributed by atoms with Crippen LogP contribution in [0, 0.1) is 0 Å². The van der Waals surface area contributed by atoms with Crippen LogP contribution in [0.3, 0.4) is 0 Å². The van der Waals surface area contributed by atoms with Gasteiger partial charge in [-0.25, -0.2) is 9.59 Å². The van der Waals surface area contributed by atoms with Crippen LogP contribution in [0.1, 0.15) is 85.6 Å². The van der Waals surface area contributed by atoms with Crippen molar-refractivity contribution >= 4 is 23.1 Å². The largest absolute Gasteiger partial charge is 0.444 e. The molecule has 4 rings (SSSR count). The molecule has 9 heteroatoms. The summed E-state index contributed by atoms with van der Waals surface area (Å²) in [7, 11) is 0. The number of aromatic nitrogens is 1. The number of carbonyl (C=O) groups is 2. The zero-order valence-corrected chi connectivity index (χ0v) is 26.7. The second kappa shape index (κ2) is 13.8. The Morgan fingerprint density at radius 1 is 0.929 bits per heavy atom. The second-order valence-electron chi connectivity index (χ2n) is 13.6. The minimum Gasteiger partial charge on any atom is -0.444 e. The molecule has 0 aliphatic carbocycles. The van der Waals surface area contributed by atoms with E-state index in [0.717, 1.165) is 56.2 Å². The van der Waals surface area contributed by atoms with Gasteiger partial charge in [-0.3, -0.25) is 4.57 Å². The zero-order valence-electron chi connectivity index (χ0n) is 26.7. The van der Waals surface area contributed by atoms with E-state index in [2.05, 4.69) is 11.0 Å². The quantitative estimate of drug-likeness (QED) is 0.314. The van der Waals surface area contributed by atoms with E-state index in [1.54, 1.807) is 4.57 Å². The van der Waals surface area contributed by atoms with Gasteiger partial charge in [-0.2, -0.15) is 0 Å². The van der Waals surface area contributed by atoms with Gasteiger partial charge in [0.1, 0.15) is 11.2 Å². The summed E-state index contributed by atoms with van der Waals surface area (Å²) in [5.41, 5.74) is 1.02. The van der Waals surface area contributed by atoms with Crippen molar-refractivity contribution in [1.29, 1.82) is 0 Å². The lowest BCUT2D eigenvalue weighted by Gasteiger charge is -2.34. The first-order chi connectivity index (χ1) is 19.8. The molecule has 1 aromatic carbocycles. The van der Waals surface area contributed by atoms with Gasteiger partial charge in [0, 0.05) is 30.8 Å². The normalized spacial score (nSPS) is 20.8. The molecule has 9 nitrogen and oxygen atoms in total. The summed E-state index contributed by atoms with van der Waals surface area (Å²) in [6, 6.07) is 8.18. The van der Waals surface area contributed by atoms with E-state index in [0.29, 0.717) is 32.3 Å². The van der Waals surface area contributed by atoms with Crippen molar-refractivity contribution in [3.8, 4) is 0 Å². The van der Waals surface area contributed by atoms with Crippen molar-refractivity contribution in [2.24, 2.45) is 0 Å². The number of hydrogen-bond acceptors (Lipinski definition) is 7. The van der Waals surface area contributed by atoms with E-state index < -0.39 is 11.2 Å². The van der Waals surface area contributed by atoms with E-state index >= 15 is 0 Å². The Hall–Kier alpha value is -2.62. The number of nitrogens with zero attached hydrogens (tertiary/aromatic N) is 3. The molecule has 2 aliphatic rings. The fourth-order valence-corrected chi connectivity index (χ4v) is 6.02. The molecule has 3 heterocycles. The molecule has 42 heavy (non-hydrogen) atoms. The minimum atomic E-state index is -0.554. The number of fused-ring (bicyclic) bond motifs is 1. The van der Waals surface area contributed by atoms with Gasteiger partial charge < -0.3 is 28.7 Å². The van der Waals surface area contributed by atoms with E-state index in [1.165, 1.54) is 5.56 Å². The van der Waals surface area contributed by atoms with E-state index in [9.17, 15) is 9.59 Å². The predicted octanol–water partition coefficient (Wildman–Crippen LogP) is 6.43. The van der Waals surface area contributed by atoms with E-state index in [4.69, 9.17) is 18.9 Å². The molecule has 0 N–H and O–H groups in total. The van der Waals surface area contributed by atoms with Crippen LogP contribution < -0.4 is 0 Å². The maximum absolute atomic E-state index is 13.1. The minimum absolute atomic E-state index is 0.00370. The first-order valence-corrected chi connectivity index (χ1v) is 15.6. The highest BCUT2D eigenvalue weighted by Crippen LogP contribution is 2.35. The van der Waals surface area contributed by atoms with Crippen LogP contribution in [0.15, 0.2) is 30.5 Å². The van der Waals surface area contributed by atoms with Crippen molar-refractivity contribution in [2.75, 3.05) is 46.0 Å². The highest BCUT2D eigenvalue weighted by Gasteiger charge is 2.38. The van der Waals surface area contributed by atoms with Crippen LogP contribution >= 0.6 is 0 Å². The fraction of sp³-hybridized carbons (Fsp3) is 0.697. The highest BCUT2D eigenvalue weighted by molar-refractivity contribution is 5.92. The number of benzene rings is 1. The molecule has 2 saturated heterocycles. The smallest absolute Gasteiger partial charge is 0.419 e. The van der Waals surface area contributed by atoms with Gasteiger partial charge in [-0.15, -0.1) is 0 Å². The molecule has 0 spiro atoms. The first-order valence-electron chi connectivity index (χ1n) is 15.6. The number of rotatable bonds is 9. The summed E-state index contributed by atoms with van der Waals surface area (Å²) in [6.45, 7) is 18.5. The van der Waals surface area contributed by atoms with Crippen LogP contribution in [0.2, 0.25) is 0 Å². The average molecular weight is 586 g/mol. The molecule has 0 bridgehead atoms. The molecule has 234 valence electrons. The van der Waals surface area contributed by atoms with E-state index in [-0.39, 0.29) is 24.3 Å². The number of amides is 1. The monoisotopic (exact) mass is 585 g/mol. The molecule has 0 saturated carbocycles. The average Bonchev–Trinajstić information content (AvgIpc) is 3.50. The van der Waals surface area contributed by atoms with Gasteiger partial charge in [-0.1, -0.05) is 18.2 Å². The van der Waals surface area contributed by atoms with Crippen molar-refractivity contribution in [2.45, 2.75) is 103 Å². The van der Waals surface area contributed by atoms with Crippen molar-refractivity contribution in [3.63, 3.8) is 0 Å². The summed E-state index contributed by atoms with van der Waals surface area (Å²) in [5.74, 6) is 0.377. The third-order valence-electron chi connectivity index (χ3n) is 7.93. The Balaban J connectivity index is 1.36. The third-order valence-corrected chi connectivity index (χ3v) is 7.93. The summed E-state index contributed by atoms with van der Waals surface area (Å²) in [4.78, 5) is 30.4. The number of ether oxygens (including phenoxy) is 4. The Kier molecular flexibility index (Phi) is 10.6. The van der Waals surface area contributed by atoms with Crippen LogP contribution in [0.25, 0.3) is 10.9 Å². The molecule has 2 unspecified atom stereocenters. The van der Waals surface area contributed by atoms with Gasteiger partial charge in [-0.05, 0) is 105 Å². The lowest BCUT2D eigenvalue weighted by atomic mass is 9.89. The topological polar surface area (TPSA) is 82.5 Å². The van der Waals surface area contributed by atoms with Crippen LogP contribution in [-0.4, -0.2) is 95.9 Å². The molecule has 2 fully saturated rings. The molecular formula is C33H51N3O6. The van der Waals surface area contributed by atoms with Crippen LogP contribution in [-0.2, 0) is 18.9 Å². The molecule has 2 aliphatic heterocycles. The molecular weight excluding hydrogens is 534 g/mol. The number of carbonyl (C=O) groups excluding carboxylic acids is 2. The van der Waals surface area contributed by atoms with Crippen molar-refractivity contribution in [3.05, 3.63) is 36.0 Å². The number of hydrogen-bond donors (Lipinski definition) is 0. The Morgan fingerprint density at radius 3 is 2.26 bits per heavy atom. The maximum atomic E-state index is 13.1. The summed E-state index contributed by atoms with van der Waals surface area (Å²) < 4.78 is 24.6. The van der Waals surface area contributed by atoms with Gasteiger partial charge >= 0.3 is 12.2 Å². The summed E-state index contributed by atoms with van der Waals surface area (Å²) in [6.07, 6.45) is 5.12. The Bertz CT molecular complexity index is 1190. The van der Waals surface area contributed by atoms with Gasteiger partial charge in [0.15, 0.2) is 0 Å². The van der Waals surface area contributed by atoms with Crippen LogP contribution in [0.5, 0.6) is 0 Å². The van der Waals surface area contributed by atoms with E-state index in [1.807, 2.05) is 77.8 Å². The predicted molar refractivity (Wildman–Crippen MR) is 164 cm³/mol. The van der Waals surface area contributed by atoms with Gasteiger partial charge in [0.05, 0.1) is 31.4 Å². The fourth-order valence-electron chi connectivity index (χ4n) is 6.02. The molecule has 1 amide bonds. The van der Waals surface area contributed by atoms with Crippen molar-refractivity contribution < 1.29 is 28.5 Å². The third kappa shape index (κ3) is 8.71. The number of piperidine rings is 1. The number of para-hydroxylation sites is 1. The summed E-state index contributed by atoms with van der Waals surface area (Å²) >= 11 is 0. The van der Waals surface area contributed by atoms with Gasteiger partial charge in [0.25, 0.3) is 0 Å². The van der Waals surface area contributed by atoms with Gasteiger partial charge in [0.2, 0.25) is 0 Å². The molecule has 0 radical (unpaired) electrons.